The molecule has 0 atom stereocenters. The number of hydrogen-bond acceptors (Lipinski definition) is 4. The van der Waals surface area contributed by atoms with Crippen LogP contribution in [0, 0.1) is 5.92 Å². The van der Waals surface area contributed by atoms with Gasteiger partial charge in [0, 0.05) is 45.4 Å². The van der Waals surface area contributed by atoms with Crippen LogP contribution in [0.25, 0.3) is 0 Å². The molecular formula is C29H45N3O2. The van der Waals surface area contributed by atoms with Crippen molar-refractivity contribution in [3.8, 4) is 0 Å². The molecule has 1 N–H and O–H groups in total. The first kappa shape index (κ1) is 25.2. The standard InChI is InChI=1S/C29H45N3O2/c1-4-5-15-31-16-18-32(19-17-31)28-26(24-11-9-23(10-12-24)22(2)3)7-6-8-27(28)29(33)30-25-13-20-34-21-14-25/h6-8,23-25H,2,4-5,9-21H2,1,3H3,(H,30,33). The largest absolute Gasteiger partial charge is 0.381 e. The number of nitrogens with one attached hydrogen (secondary N) is 1. The number of hydrogen-bond donors (Lipinski definition) is 1. The molecule has 5 nitrogen and oxygen atoms in total. The summed E-state index contributed by atoms with van der Waals surface area (Å²) in [5, 5.41) is 3.34. The summed E-state index contributed by atoms with van der Waals surface area (Å²) in [5.74, 6) is 1.27. The molecule has 1 aromatic rings. The van der Waals surface area contributed by atoms with Gasteiger partial charge in [0.1, 0.15) is 0 Å². The predicted molar refractivity (Wildman–Crippen MR) is 141 cm³/mol. The Morgan fingerprint density at radius 2 is 1.76 bits per heavy atom. The van der Waals surface area contributed by atoms with Gasteiger partial charge in [0.15, 0.2) is 0 Å². The molecule has 0 radical (unpaired) electrons. The number of unbranched alkanes of at least 4 members (excludes halogenated alkanes) is 1. The number of carbonyl (C=O) groups excluding carboxylic acids is 1. The Hall–Kier alpha value is -1.85. The first-order valence-electron chi connectivity index (χ1n) is 13.7. The minimum Gasteiger partial charge on any atom is -0.381 e. The van der Waals surface area contributed by atoms with E-state index < -0.39 is 0 Å². The van der Waals surface area contributed by atoms with E-state index in [0.29, 0.717) is 11.8 Å². The molecule has 2 saturated heterocycles. The zero-order valence-corrected chi connectivity index (χ0v) is 21.5. The molecule has 3 fully saturated rings. The normalized spacial score (nSPS) is 24.7. The number of nitrogens with zero attached hydrogens (tertiary/aromatic N) is 2. The number of para-hydroxylation sites is 1. The number of piperazine rings is 1. The molecule has 5 heteroatoms. The Labute approximate surface area is 206 Å². The number of carbonyl (C=O) groups is 1. The van der Waals surface area contributed by atoms with Crippen LogP contribution in [-0.4, -0.2) is 62.8 Å². The van der Waals surface area contributed by atoms with Gasteiger partial charge < -0.3 is 15.0 Å². The molecule has 1 amide bonds. The fraction of sp³-hybridized carbons (Fsp3) is 0.690. The smallest absolute Gasteiger partial charge is 0.253 e. The third-order valence-corrected chi connectivity index (χ3v) is 8.25. The van der Waals surface area contributed by atoms with Gasteiger partial charge in [-0.25, -0.2) is 0 Å². The summed E-state index contributed by atoms with van der Waals surface area (Å²) in [7, 11) is 0. The second-order valence-electron chi connectivity index (χ2n) is 10.7. The molecule has 0 unspecified atom stereocenters. The average Bonchev–Trinajstić information content (AvgIpc) is 2.88. The summed E-state index contributed by atoms with van der Waals surface area (Å²) >= 11 is 0. The van der Waals surface area contributed by atoms with E-state index in [4.69, 9.17) is 4.74 Å². The van der Waals surface area contributed by atoms with Crippen molar-refractivity contribution in [2.24, 2.45) is 5.92 Å². The van der Waals surface area contributed by atoms with Crippen LogP contribution in [0.3, 0.4) is 0 Å². The van der Waals surface area contributed by atoms with E-state index >= 15 is 0 Å². The third-order valence-electron chi connectivity index (χ3n) is 8.25. The number of benzene rings is 1. The summed E-state index contributed by atoms with van der Waals surface area (Å²) in [6.45, 7) is 15.5. The lowest BCUT2D eigenvalue weighted by molar-refractivity contribution is 0.0696. The van der Waals surface area contributed by atoms with Crippen molar-refractivity contribution < 1.29 is 9.53 Å². The zero-order chi connectivity index (χ0) is 23.9. The molecule has 4 rings (SSSR count). The van der Waals surface area contributed by atoms with Crippen molar-refractivity contribution in [3.05, 3.63) is 41.5 Å². The SMILES string of the molecule is C=C(C)C1CCC(c2cccc(C(=O)NC3CCOCC3)c2N2CCN(CCCC)CC2)CC1. The molecule has 0 bridgehead atoms. The maximum absolute atomic E-state index is 13.6. The lowest BCUT2D eigenvalue weighted by Crippen LogP contribution is -2.48. The van der Waals surface area contributed by atoms with Gasteiger partial charge in [0.05, 0.1) is 11.3 Å². The van der Waals surface area contributed by atoms with E-state index in [1.54, 1.807) is 0 Å². The van der Waals surface area contributed by atoms with Crippen molar-refractivity contribution >= 4 is 11.6 Å². The quantitative estimate of drug-likeness (QED) is 0.522. The van der Waals surface area contributed by atoms with Crippen LogP contribution in [0.2, 0.25) is 0 Å². The van der Waals surface area contributed by atoms with Crippen LogP contribution in [-0.2, 0) is 4.74 Å². The highest BCUT2D eigenvalue weighted by Crippen LogP contribution is 2.42. The third kappa shape index (κ3) is 6.23. The first-order valence-corrected chi connectivity index (χ1v) is 13.7. The van der Waals surface area contributed by atoms with Crippen LogP contribution in [0.5, 0.6) is 0 Å². The number of ether oxygens (including phenoxy) is 1. The molecule has 188 valence electrons. The Morgan fingerprint density at radius 1 is 1.06 bits per heavy atom. The summed E-state index contributed by atoms with van der Waals surface area (Å²) in [6, 6.07) is 6.68. The van der Waals surface area contributed by atoms with Crippen molar-refractivity contribution in [1.29, 1.82) is 0 Å². The number of amides is 1. The second kappa shape index (κ2) is 12.2. The van der Waals surface area contributed by atoms with Crippen molar-refractivity contribution in [1.82, 2.24) is 10.2 Å². The number of anilines is 1. The monoisotopic (exact) mass is 467 g/mol. The van der Waals surface area contributed by atoms with E-state index in [1.807, 2.05) is 0 Å². The molecular weight excluding hydrogens is 422 g/mol. The first-order chi connectivity index (χ1) is 16.6. The van der Waals surface area contributed by atoms with E-state index in [1.165, 1.54) is 61.9 Å². The highest BCUT2D eigenvalue weighted by atomic mass is 16.5. The van der Waals surface area contributed by atoms with Gasteiger partial charge in [0.25, 0.3) is 5.91 Å². The van der Waals surface area contributed by atoms with Gasteiger partial charge in [-0.05, 0) is 81.9 Å². The topological polar surface area (TPSA) is 44.8 Å². The molecule has 2 aliphatic heterocycles. The van der Waals surface area contributed by atoms with Crippen molar-refractivity contribution in [2.75, 3.05) is 50.8 Å². The molecule has 0 aromatic heterocycles. The van der Waals surface area contributed by atoms with Gasteiger partial charge in [-0.3, -0.25) is 9.69 Å². The van der Waals surface area contributed by atoms with E-state index in [-0.39, 0.29) is 11.9 Å². The highest BCUT2D eigenvalue weighted by molar-refractivity contribution is 6.01. The summed E-state index contributed by atoms with van der Waals surface area (Å²) in [6.07, 6.45) is 9.11. The van der Waals surface area contributed by atoms with Crippen molar-refractivity contribution in [3.63, 3.8) is 0 Å². The average molecular weight is 468 g/mol. The summed E-state index contributed by atoms with van der Waals surface area (Å²) in [5.41, 5.74) is 4.79. The van der Waals surface area contributed by atoms with Gasteiger partial charge in [-0.15, -0.1) is 0 Å². The minimum absolute atomic E-state index is 0.0905. The van der Waals surface area contributed by atoms with E-state index in [2.05, 4.69) is 53.7 Å². The fourth-order valence-corrected chi connectivity index (χ4v) is 6.01. The summed E-state index contributed by atoms with van der Waals surface area (Å²) in [4.78, 5) is 18.7. The lowest BCUT2D eigenvalue weighted by Gasteiger charge is -2.39. The number of allylic oxidation sites excluding steroid dienone is 1. The van der Waals surface area contributed by atoms with Crippen LogP contribution in [0.4, 0.5) is 5.69 Å². The Balaban J connectivity index is 1.56. The molecule has 1 saturated carbocycles. The van der Waals surface area contributed by atoms with Gasteiger partial charge in [0.2, 0.25) is 0 Å². The molecule has 3 aliphatic rings. The van der Waals surface area contributed by atoms with Gasteiger partial charge >= 0.3 is 0 Å². The Bertz CT molecular complexity index is 817. The molecule has 0 spiro atoms. The number of rotatable bonds is 8. The van der Waals surface area contributed by atoms with Crippen molar-refractivity contribution in [2.45, 2.75) is 77.2 Å². The summed E-state index contributed by atoms with van der Waals surface area (Å²) < 4.78 is 5.50. The molecule has 1 aromatic carbocycles. The van der Waals surface area contributed by atoms with Crippen LogP contribution >= 0.6 is 0 Å². The van der Waals surface area contributed by atoms with Gasteiger partial charge in [-0.1, -0.05) is 37.6 Å². The minimum atomic E-state index is 0.0905. The molecule has 1 aliphatic carbocycles. The lowest BCUT2D eigenvalue weighted by atomic mass is 9.75. The Kier molecular flexibility index (Phi) is 9.07. The van der Waals surface area contributed by atoms with Crippen LogP contribution in [0.1, 0.15) is 87.1 Å². The predicted octanol–water partition coefficient (Wildman–Crippen LogP) is 5.37. The zero-order valence-electron chi connectivity index (χ0n) is 21.5. The van der Waals surface area contributed by atoms with Gasteiger partial charge in [-0.2, -0.15) is 0 Å². The van der Waals surface area contributed by atoms with Crippen LogP contribution in [0.15, 0.2) is 30.4 Å². The molecule has 2 heterocycles. The fourth-order valence-electron chi connectivity index (χ4n) is 6.01. The molecule has 34 heavy (non-hydrogen) atoms. The van der Waals surface area contributed by atoms with Crippen LogP contribution < -0.4 is 10.2 Å². The maximum atomic E-state index is 13.6. The second-order valence-corrected chi connectivity index (χ2v) is 10.7. The van der Waals surface area contributed by atoms with E-state index in [0.717, 1.165) is 57.8 Å². The van der Waals surface area contributed by atoms with E-state index in [9.17, 15) is 4.79 Å². The maximum Gasteiger partial charge on any atom is 0.253 e. The highest BCUT2D eigenvalue weighted by Gasteiger charge is 2.30. The Morgan fingerprint density at radius 3 is 2.41 bits per heavy atom.